The van der Waals surface area contributed by atoms with E-state index in [1.165, 1.54) is 0 Å². The normalized spacial score (nSPS) is 15.5. The molecule has 0 saturated carbocycles. The van der Waals surface area contributed by atoms with Crippen LogP contribution in [0.25, 0.3) is 16.8 Å². The Balaban J connectivity index is 1.43. The van der Waals surface area contributed by atoms with Crippen LogP contribution in [-0.4, -0.2) is 68.2 Å². The van der Waals surface area contributed by atoms with Gasteiger partial charge in [-0.05, 0) is 76.5 Å². The summed E-state index contributed by atoms with van der Waals surface area (Å²) >= 11 is 0. The van der Waals surface area contributed by atoms with Crippen molar-refractivity contribution in [3.8, 4) is 11.3 Å². The smallest absolute Gasteiger partial charge is 0.256 e. The number of amides is 2. The third-order valence-electron chi connectivity index (χ3n) is 7.61. The molecule has 1 fully saturated rings. The molecule has 9 nitrogen and oxygen atoms in total. The van der Waals surface area contributed by atoms with Gasteiger partial charge in [-0.3, -0.25) is 19.0 Å². The maximum Gasteiger partial charge on any atom is 0.256 e. The minimum Gasteiger partial charge on any atom is -0.329 e. The van der Waals surface area contributed by atoms with Gasteiger partial charge in [0.15, 0.2) is 0 Å². The van der Waals surface area contributed by atoms with E-state index in [9.17, 15) is 9.59 Å². The average Bonchev–Trinajstić information content (AvgIpc) is 3.38. The van der Waals surface area contributed by atoms with Crippen LogP contribution in [0.15, 0.2) is 67.1 Å². The molecule has 5 rings (SSSR count). The lowest BCUT2D eigenvalue weighted by atomic mass is 10.0. The fourth-order valence-corrected chi connectivity index (χ4v) is 5.53. The summed E-state index contributed by atoms with van der Waals surface area (Å²) in [6.07, 6.45) is 13.8. The molecule has 1 unspecified atom stereocenters. The minimum absolute atomic E-state index is 0.00992. The molecule has 4 aromatic rings. The molecule has 1 atom stereocenters. The van der Waals surface area contributed by atoms with Crippen LogP contribution in [0.1, 0.15) is 66.1 Å². The maximum atomic E-state index is 13.3. The number of anilines is 1. The van der Waals surface area contributed by atoms with E-state index in [2.05, 4.69) is 26.6 Å². The van der Waals surface area contributed by atoms with E-state index >= 15 is 0 Å². The number of nitrogens with zero attached hydrogens (tertiary/aromatic N) is 6. The molecule has 0 radical (unpaired) electrons. The zero-order chi connectivity index (χ0) is 29.6. The SMILES string of the molecule is CCCc1ccnc(NC(=O)c2ccc(-c3nc(C4CCCCN4C(=O)C=CCN(C)C)n4ccnc(C)c34)cc2)c1. The van der Waals surface area contributed by atoms with Crippen molar-refractivity contribution in [1.29, 1.82) is 0 Å². The fourth-order valence-electron chi connectivity index (χ4n) is 5.53. The number of hydrogen-bond donors (Lipinski definition) is 1. The Bertz CT molecular complexity index is 1590. The topological polar surface area (TPSA) is 95.7 Å². The number of likely N-dealkylation sites (tertiary alicyclic amines) is 1. The first kappa shape index (κ1) is 29.1. The molecule has 1 aliphatic heterocycles. The first-order valence-corrected chi connectivity index (χ1v) is 14.7. The van der Waals surface area contributed by atoms with Crippen molar-refractivity contribution in [3.63, 3.8) is 0 Å². The van der Waals surface area contributed by atoms with E-state index in [-0.39, 0.29) is 17.9 Å². The van der Waals surface area contributed by atoms with Gasteiger partial charge < -0.3 is 15.1 Å². The van der Waals surface area contributed by atoms with Crippen molar-refractivity contribution < 1.29 is 9.59 Å². The number of hydrogen-bond acceptors (Lipinski definition) is 6. The summed E-state index contributed by atoms with van der Waals surface area (Å²) in [7, 11) is 3.96. The predicted molar refractivity (Wildman–Crippen MR) is 165 cm³/mol. The monoisotopic (exact) mass is 565 g/mol. The molecular formula is C33H39N7O2. The number of pyridine rings is 1. The van der Waals surface area contributed by atoms with Crippen LogP contribution in [0, 0.1) is 6.92 Å². The number of aromatic nitrogens is 4. The molecule has 0 spiro atoms. The van der Waals surface area contributed by atoms with Crippen LogP contribution >= 0.6 is 0 Å². The molecule has 218 valence electrons. The number of piperidine rings is 1. The zero-order valence-electron chi connectivity index (χ0n) is 24.9. The molecule has 0 bridgehead atoms. The van der Waals surface area contributed by atoms with Crippen LogP contribution in [0.3, 0.4) is 0 Å². The van der Waals surface area contributed by atoms with E-state index in [0.717, 1.165) is 66.0 Å². The van der Waals surface area contributed by atoms with Crippen LogP contribution in [0.5, 0.6) is 0 Å². The Kier molecular flexibility index (Phi) is 9.07. The van der Waals surface area contributed by atoms with Gasteiger partial charge in [0.2, 0.25) is 5.91 Å². The molecule has 0 aliphatic carbocycles. The summed E-state index contributed by atoms with van der Waals surface area (Å²) in [6.45, 7) is 5.50. The molecule has 2 amide bonds. The lowest BCUT2D eigenvalue weighted by molar-refractivity contribution is -0.130. The second-order valence-corrected chi connectivity index (χ2v) is 11.1. The van der Waals surface area contributed by atoms with Gasteiger partial charge in [0.05, 0.1) is 22.9 Å². The second kappa shape index (κ2) is 13.1. The van der Waals surface area contributed by atoms with Gasteiger partial charge in [0.1, 0.15) is 11.6 Å². The molecule has 3 aromatic heterocycles. The molecule has 9 heteroatoms. The fraction of sp³-hybridized carbons (Fsp3) is 0.364. The van der Waals surface area contributed by atoms with E-state index in [1.807, 2.05) is 79.5 Å². The summed E-state index contributed by atoms with van der Waals surface area (Å²) in [5.41, 5.74) is 5.11. The van der Waals surface area contributed by atoms with Gasteiger partial charge in [0.25, 0.3) is 5.91 Å². The van der Waals surface area contributed by atoms with Gasteiger partial charge in [-0.2, -0.15) is 0 Å². The molecule has 1 N–H and O–H groups in total. The van der Waals surface area contributed by atoms with Crippen molar-refractivity contribution in [1.82, 2.24) is 29.2 Å². The Morgan fingerprint density at radius 1 is 1.10 bits per heavy atom. The lowest BCUT2D eigenvalue weighted by Crippen LogP contribution is -2.38. The molecule has 1 aliphatic rings. The van der Waals surface area contributed by atoms with E-state index in [1.54, 1.807) is 18.5 Å². The van der Waals surface area contributed by atoms with Crippen LogP contribution < -0.4 is 5.32 Å². The van der Waals surface area contributed by atoms with Gasteiger partial charge in [-0.15, -0.1) is 0 Å². The Labute approximate surface area is 247 Å². The zero-order valence-corrected chi connectivity index (χ0v) is 24.9. The summed E-state index contributed by atoms with van der Waals surface area (Å²) in [5, 5.41) is 2.91. The number of carbonyl (C=O) groups excluding carboxylic acids is 2. The van der Waals surface area contributed by atoms with Crippen LogP contribution in [0.4, 0.5) is 5.82 Å². The van der Waals surface area contributed by atoms with Gasteiger partial charge in [0, 0.05) is 48.9 Å². The molecule has 42 heavy (non-hydrogen) atoms. The second-order valence-electron chi connectivity index (χ2n) is 11.1. The van der Waals surface area contributed by atoms with Crippen molar-refractivity contribution >= 4 is 23.1 Å². The number of carbonyl (C=O) groups is 2. The van der Waals surface area contributed by atoms with Crippen LogP contribution in [-0.2, 0) is 11.2 Å². The summed E-state index contributed by atoms with van der Waals surface area (Å²) in [4.78, 5) is 44.2. The number of fused-ring (bicyclic) bond motifs is 1. The standard InChI is InChI=1S/C33H39N7O2/c1-5-9-24-16-17-35-28(22-24)36-33(42)26-14-12-25(13-15-26)30-31-23(2)34-18-21-40(31)32(37-30)27-10-6-7-20-39(27)29(41)11-8-19-38(3)4/h8,11-18,21-22,27H,5-7,9-10,19-20H2,1-4H3,(H,35,36,42). The number of imidazole rings is 1. The molecular weight excluding hydrogens is 526 g/mol. The number of aryl methyl sites for hydroxylation is 2. The third-order valence-corrected chi connectivity index (χ3v) is 7.61. The molecule has 1 aromatic carbocycles. The van der Waals surface area contributed by atoms with Crippen molar-refractivity contribution in [2.45, 2.75) is 52.0 Å². The Morgan fingerprint density at radius 2 is 1.90 bits per heavy atom. The quantitative estimate of drug-likeness (QED) is 0.270. The van der Waals surface area contributed by atoms with Crippen molar-refractivity contribution in [2.75, 3.05) is 32.5 Å². The minimum atomic E-state index is -0.213. The predicted octanol–water partition coefficient (Wildman–Crippen LogP) is 5.48. The Morgan fingerprint density at radius 3 is 2.67 bits per heavy atom. The van der Waals surface area contributed by atoms with Gasteiger partial charge in [-0.25, -0.2) is 9.97 Å². The van der Waals surface area contributed by atoms with Crippen molar-refractivity contribution in [3.05, 3.63) is 89.8 Å². The number of benzene rings is 1. The highest BCUT2D eigenvalue weighted by atomic mass is 16.2. The Hall–Kier alpha value is -4.37. The summed E-state index contributed by atoms with van der Waals surface area (Å²) in [5.74, 6) is 1.18. The van der Waals surface area contributed by atoms with E-state index < -0.39 is 0 Å². The van der Waals surface area contributed by atoms with E-state index in [0.29, 0.717) is 24.5 Å². The van der Waals surface area contributed by atoms with Gasteiger partial charge >= 0.3 is 0 Å². The average molecular weight is 566 g/mol. The van der Waals surface area contributed by atoms with E-state index in [4.69, 9.17) is 4.98 Å². The lowest BCUT2D eigenvalue weighted by Gasteiger charge is -2.34. The van der Waals surface area contributed by atoms with Gasteiger partial charge in [-0.1, -0.05) is 31.6 Å². The first-order chi connectivity index (χ1) is 20.4. The largest absolute Gasteiger partial charge is 0.329 e. The number of nitrogens with one attached hydrogen (secondary N) is 1. The summed E-state index contributed by atoms with van der Waals surface area (Å²) in [6, 6.07) is 11.2. The van der Waals surface area contributed by atoms with Crippen molar-refractivity contribution in [2.24, 2.45) is 0 Å². The summed E-state index contributed by atoms with van der Waals surface area (Å²) < 4.78 is 2.08. The first-order valence-electron chi connectivity index (χ1n) is 14.7. The maximum absolute atomic E-state index is 13.3. The molecule has 4 heterocycles. The highest BCUT2D eigenvalue weighted by Gasteiger charge is 2.31. The number of likely N-dealkylation sites (N-methyl/N-ethyl adjacent to an activating group) is 1. The highest BCUT2D eigenvalue weighted by molar-refractivity contribution is 6.04. The highest BCUT2D eigenvalue weighted by Crippen LogP contribution is 2.35. The number of rotatable bonds is 9. The van der Waals surface area contributed by atoms with Crippen LogP contribution in [0.2, 0.25) is 0 Å². The third kappa shape index (κ3) is 6.41. The molecule has 1 saturated heterocycles.